The van der Waals surface area contributed by atoms with E-state index in [0.717, 1.165) is 0 Å². The molecule has 3 nitrogen and oxygen atoms in total. The zero-order chi connectivity index (χ0) is 10.3. The van der Waals surface area contributed by atoms with Crippen LogP contribution < -0.4 is 0 Å². The average Bonchev–Trinajstić information content (AvgIpc) is 2.50. The molecule has 0 aromatic heterocycles. The van der Waals surface area contributed by atoms with Crippen LogP contribution in [0.15, 0.2) is 17.7 Å². The average molecular weight is 188 g/mol. The van der Waals surface area contributed by atoms with E-state index in [1.165, 1.54) is 18.2 Å². The van der Waals surface area contributed by atoms with Crippen LogP contribution in [-0.2, 0) is 4.79 Å². The van der Waals surface area contributed by atoms with E-state index in [-0.39, 0.29) is 17.1 Å². The molecule has 0 saturated carbocycles. The summed E-state index contributed by atoms with van der Waals surface area (Å²) in [5.41, 5.74) is 1.92. The van der Waals surface area contributed by atoms with E-state index in [4.69, 9.17) is 0 Å². The van der Waals surface area contributed by atoms with Gasteiger partial charge in [0.05, 0.1) is 5.57 Å². The quantitative estimate of drug-likeness (QED) is 0.536. The van der Waals surface area contributed by atoms with Gasteiger partial charge in [-0.05, 0) is 36.3 Å². The monoisotopic (exact) mass is 188 g/mol. The van der Waals surface area contributed by atoms with Crippen molar-refractivity contribution >= 4 is 18.1 Å². The van der Waals surface area contributed by atoms with Gasteiger partial charge in [-0.1, -0.05) is 0 Å². The zero-order valence-electron chi connectivity index (χ0n) is 7.57. The molecule has 14 heavy (non-hydrogen) atoms. The standard InChI is InChI=1S/C11H8O3/c1-6-9-4-7(5-12)11(14)8(9)2-3-10(6)13/h2-5,13H,1H3. The minimum Gasteiger partial charge on any atom is -0.508 e. The number of ketones is 1. The van der Waals surface area contributed by atoms with Gasteiger partial charge in [0.25, 0.3) is 0 Å². The Balaban J connectivity index is 2.71. The number of carbonyl (C=O) groups is 2. The first kappa shape index (κ1) is 8.69. The topological polar surface area (TPSA) is 54.4 Å². The van der Waals surface area contributed by atoms with Crippen LogP contribution in [0.25, 0.3) is 6.08 Å². The molecule has 1 aromatic rings. The second kappa shape index (κ2) is 2.80. The van der Waals surface area contributed by atoms with Crippen LogP contribution in [0.2, 0.25) is 0 Å². The highest BCUT2D eigenvalue weighted by Crippen LogP contribution is 2.31. The van der Waals surface area contributed by atoms with Gasteiger partial charge in [0.2, 0.25) is 0 Å². The Morgan fingerprint density at radius 1 is 1.36 bits per heavy atom. The molecule has 1 aliphatic carbocycles. The summed E-state index contributed by atoms with van der Waals surface area (Å²) in [6.07, 6.45) is 2.05. The Kier molecular flexibility index (Phi) is 1.74. The van der Waals surface area contributed by atoms with Crippen LogP contribution in [-0.4, -0.2) is 17.2 Å². The van der Waals surface area contributed by atoms with E-state index >= 15 is 0 Å². The van der Waals surface area contributed by atoms with Crippen molar-refractivity contribution in [2.75, 3.05) is 0 Å². The molecular weight excluding hydrogens is 180 g/mol. The van der Waals surface area contributed by atoms with E-state index in [2.05, 4.69) is 0 Å². The van der Waals surface area contributed by atoms with Crippen molar-refractivity contribution in [3.05, 3.63) is 34.4 Å². The van der Waals surface area contributed by atoms with Crippen LogP contribution >= 0.6 is 0 Å². The van der Waals surface area contributed by atoms with Gasteiger partial charge in [-0.3, -0.25) is 9.59 Å². The van der Waals surface area contributed by atoms with Gasteiger partial charge in [-0.15, -0.1) is 0 Å². The number of Topliss-reactive ketones (excluding diaryl/α,β-unsaturated/α-hetero) is 1. The fourth-order valence-electron chi connectivity index (χ4n) is 1.57. The molecule has 0 fully saturated rings. The summed E-state index contributed by atoms with van der Waals surface area (Å²) in [5.74, 6) is -0.127. The number of rotatable bonds is 1. The van der Waals surface area contributed by atoms with Gasteiger partial charge >= 0.3 is 0 Å². The van der Waals surface area contributed by atoms with Crippen LogP contribution in [0.3, 0.4) is 0 Å². The molecule has 0 atom stereocenters. The van der Waals surface area contributed by atoms with E-state index < -0.39 is 0 Å². The lowest BCUT2D eigenvalue weighted by atomic mass is 10.0. The number of phenolic OH excluding ortho intramolecular Hbond substituents is 1. The molecule has 0 saturated heterocycles. The SMILES string of the molecule is Cc1c(O)ccc2c1C=C(C=O)C2=O. The maximum atomic E-state index is 11.5. The van der Waals surface area contributed by atoms with E-state index in [1.807, 2.05) is 0 Å². The predicted octanol–water partition coefficient (Wildman–Crippen LogP) is 1.48. The molecule has 1 aliphatic rings. The number of fused-ring (bicyclic) bond motifs is 1. The van der Waals surface area contributed by atoms with Crippen LogP contribution in [0.1, 0.15) is 21.5 Å². The fourth-order valence-corrected chi connectivity index (χ4v) is 1.57. The van der Waals surface area contributed by atoms with Crippen LogP contribution in [0, 0.1) is 6.92 Å². The van der Waals surface area contributed by atoms with E-state index in [0.29, 0.717) is 23.0 Å². The lowest BCUT2D eigenvalue weighted by Gasteiger charge is -2.03. The molecular formula is C11H8O3. The number of carbonyl (C=O) groups excluding carboxylic acids is 2. The Labute approximate surface area is 80.7 Å². The number of aldehydes is 1. The summed E-state index contributed by atoms with van der Waals surface area (Å²) in [7, 11) is 0. The van der Waals surface area contributed by atoms with Crippen molar-refractivity contribution in [2.45, 2.75) is 6.92 Å². The van der Waals surface area contributed by atoms with Gasteiger partial charge < -0.3 is 5.11 Å². The summed E-state index contributed by atoms with van der Waals surface area (Å²) < 4.78 is 0. The lowest BCUT2D eigenvalue weighted by molar-refractivity contribution is -0.104. The summed E-state index contributed by atoms with van der Waals surface area (Å²) in [5, 5.41) is 9.40. The number of phenols is 1. The van der Waals surface area contributed by atoms with Gasteiger partial charge in [0, 0.05) is 5.56 Å². The van der Waals surface area contributed by atoms with Crippen molar-refractivity contribution in [3.8, 4) is 5.75 Å². The number of hydrogen-bond acceptors (Lipinski definition) is 3. The van der Waals surface area contributed by atoms with Crippen molar-refractivity contribution in [1.82, 2.24) is 0 Å². The molecule has 0 spiro atoms. The molecule has 0 bridgehead atoms. The molecule has 0 radical (unpaired) electrons. The first-order chi connectivity index (χ1) is 6.65. The Bertz CT molecular complexity index is 470. The first-order valence-corrected chi connectivity index (χ1v) is 4.19. The summed E-state index contributed by atoms with van der Waals surface area (Å²) in [6, 6.07) is 3.00. The highest BCUT2D eigenvalue weighted by atomic mass is 16.3. The smallest absolute Gasteiger partial charge is 0.196 e. The second-order valence-corrected chi connectivity index (χ2v) is 3.22. The normalized spacial score (nSPS) is 13.8. The highest BCUT2D eigenvalue weighted by molar-refractivity contribution is 6.28. The van der Waals surface area contributed by atoms with Gasteiger partial charge in [0.1, 0.15) is 5.75 Å². The molecule has 1 aromatic carbocycles. The third kappa shape index (κ3) is 0.988. The third-order valence-corrected chi connectivity index (χ3v) is 2.42. The Hall–Kier alpha value is -1.90. The van der Waals surface area contributed by atoms with E-state index in [1.54, 1.807) is 6.92 Å². The molecule has 2 rings (SSSR count). The molecule has 0 amide bonds. The molecule has 70 valence electrons. The number of allylic oxidation sites excluding steroid dienone is 1. The van der Waals surface area contributed by atoms with Crippen LogP contribution in [0.4, 0.5) is 0 Å². The van der Waals surface area contributed by atoms with Gasteiger partial charge in [-0.25, -0.2) is 0 Å². The lowest BCUT2D eigenvalue weighted by Crippen LogP contribution is -1.99. The number of hydrogen-bond donors (Lipinski definition) is 1. The highest BCUT2D eigenvalue weighted by Gasteiger charge is 2.23. The Morgan fingerprint density at radius 3 is 2.71 bits per heavy atom. The number of aromatic hydroxyl groups is 1. The maximum Gasteiger partial charge on any atom is 0.196 e. The minimum atomic E-state index is -0.266. The van der Waals surface area contributed by atoms with Crippen LogP contribution in [0.5, 0.6) is 5.75 Å². The van der Waals surface area contributed by atoms with Gasteiger partial charge in [0.15, 0.2) is 12.1 Å². The molecule has 3 heteroatoms. The zero-order valence-corrected chi connectivity index (χ0v) is 7.57. The van der Waals surface area contributed by atoms with Crippen molar-refractivity contribution in [3.63, 3.8) is 0 Å². The first-order valence-electron chi connectivity index (χ1n) is 4.19. The molecule has 0 heterocycles. The maximum absolute atomic E-state index is 11.5. The third-order valence-electron chi connectivity index (χ3n) is 2.42. The predicted molar refractivity (Wildman–Crippen MR) is 51.2 cm³/mol. The minimum absolute atomic E-state index is 0.139. The number of benzene rings is 1. The summed E-state index contributed by atoms with van der Waals surface area (Å²) >= 11 is 0. The van der Waals surface area contributed by atoms with E-state index in [9.17, 15) is 14.7 Å². The Morgan fingerprint density at radius 2 is 2.07 bits per heavy atom. The molecule has 0 unspecified atom stereocenters. The van der Waals surface area contributed by atoms with Crippen molar-refractivity contribution < 1.29 is 14.7 Å². The molecule has 0 aliphatic heterocycles. The second-order valence-electron chi connectivity index (χ2n) is 3.22. The fraction of sp³-hybridized carbons (Fsp3) is 0.0909. The van der Waals surface area contributed by atoms with Gasteiger partial charge in [-0.2, -0.15) is 0 Å². The largest absolute Gasteiger partial charge is 0.508 e. The summed E-state index contributed by atoms with van der Waals surface area (Å²) in [4.78, 5) is 22.0. The summed E-state index contributed by atoms with van der Waals surface area (Å²) in [6.45, 7) is 1.71. The van der Waals surface area contributed by atoms with Crippen molar-refractivity contribution in [2.24, 2.45) is 0 Å². The molecule has 1 N–H and O–H groups in total. The van der Waals surface area contributed by atoms with Crippen molar-refractivity contribution in [1.29, 1.82) is 0 Å².